The third-order valence-electron chi connectivity index (χ3n) is 4.61. The van der Waals surface area contributed by atoms with Gasteiger partial charge in [0.2, 0.25) is 0 Å². The van der Waals surface area contributed by atoms with E-state index in [4.69, 9.17) is 0 Å². The largest absolute Gasteiger partial charge is 0.481 e. The van der Waals surface area contributed by atoms with Crippen molar-refractivity contribution in [2.75, 3.05) is 13.1 Å². The maximum atomic E-state index is 11.2. The van der Waals surface area contributed by atoms with Crippen LogP contribution in [0.2, 0.25) is 0 Å². The van der Waals surface area contributed by atoms with Gasteiger partial charge >= 0.3 is 5.97 Å². The van der Waals surface area contributed by atoms with Crippen LogP contribution in [-0.2, 0) is 10.2 Å². The van der Waals surface area contributed by atoms with Crippen molar-refractivity contribution in [3.63, 3.8) is 0 Å². The second-order valence-electron chi connectivity index (χ2n) is 7.22. The lowest BCUT2D eigenvalue weighted by atomic mass is 9.86. The van der Waals surface area contributed by atoms with E-state index in [1.165, 1.54) is 11.1 Å². The highest BCUT2D eigenvalue weighted by Gasteiger charge is 2.28. The first-order valence-corrected chi connectivity index (χ1v) is 7.86. The lowest BCUT2D eigenvalue weighted by Crippen LogP contribution is -2.40. The van der Waals surface area contributed by atoms with E-state index in [1.807, 2.05) is 0 Å². The molecule has 1 aliphatic heterocycles. The monoisotopic (exact) mass is 289 g/mol. The average Bonchev–Trinajstić information content (AvgIpc) is 2.46. The van der Waals surface area contributed by atoms with E-state index in [2.05, 4.69) is 56.9 Å². The van der Waals surface area contributed by atoms with E-state index in [-0.39, 0.29) is 17.4 Å². The third kappa shape index (κ3) is 3.85. The SMILES string of the molecule is CC(c1ccc(C(C)(C)C)cc1)N1CCCC(C(=O)O)C1. The van der Waals surface area contributed by atoms with Crippen molar-refractivity contribution in [2.45, 2.75) is 52.0 Å². The van der Waals surface area contributed by atoms with Crippen LogP contribution in [0.15, 0.2) is 24.3 Å². The minimum atomic E-state index is -0.657. The number of aliphatic carboxylic acids is 1. The molecule has 116 valence electrons. The Morgan fingerprint density at radius 1 is 1.29 bits per heavy atom. The molecule has 0 aliphatic carbocycles. The van der Waals surface area contributed by atoms with Crippen molar-refractivity contribution >= 4 is 5.97 Å². The van der Waals surface area contributed by atoms with Gasteiger partial charge in [-0.3, -0.25) is 9.69 Å². The predicted molar refractivity (Wildman–Crippen MR) is 85.5 cm³/mol. The lowest BCUT2D eigenvalue weighted by Gasteiger charge is -2.35. The molecule has 2 rings (SSSR count). The van der Waals surface area contributed by atoms with Gasteiger partial charge in [0.05, 0.1) is 5.92 Å². The molecule has 1 saturated heterocycles. The van der Waals surface area contributed by atoms with Crippen molar-refractivity contribution in [1.82, 2.24) is 4.90 Å². The second-order valence-corrected chi connectivity index (χ2v) is 7.22. The molecular weight excluding hydrogens is 262 g/mol. The topological polar surface area (TPSA) is 40.5 Å². The molecule has 0 amide bonds. The highest BCUT2D eigenvalue weighted by atomic mass is 16.4. The predicted octanol–water partition coefficient (Wildman–Crippen LogP) is 3.84. The molecule has 0 radical (unpaired) electrons. The number of hydrogen-bond acceptors (Lipinski definition) is 2. The first kappa shape index (κ1) is 16.0. The smallest absolute Gasteiger partial charge is 0.307 e. The van der Waals surface area contributed by atoms with Crippen LogP contribution in [0.25, 0.3) is 0 Å². The van der Waals surface area contributed by atoms with Gasteiger partial charge in [0.25, 0.3) is 0 Å². The fourth-order valence-corrected chi connectivity index (χ4v) is 3.03. The fourth-order valence-electron chi connectivity index (χ4n) is 3.03. The van der Waals surface area contributed by atoms with E-state index in [0.717, 1.165) is 19.4 Å². The first-order chi connectivity index (χ1) is 9.79. The molecule has 3 nitrogen and oxygen atoms in total. The van der Waals surface area contributed by atoms with Crippen molar-refractivity contribution < 1.29 is 9.90 Å². The second kappa shape index (κ2) is 6.18. The summed E-state index contributed by atoms with van der Waals surface area (Å²) in [5.74, 6) is -0.870. The zero-order chi connectivity index (χ0) is 15.6. The Bertz CT molecular complexity index is 487. The number of likely N-dealkylation sites (tertiary alicyclic amines) is 1. The molecule has 1 fully saturated rings. The molecule has 1 aliphatic rings. The summed E-state index contributed by atoms with van der Waals surface area (Å²) in [5.41, 5.74) is 2.77. The van der Waals surface area contributed by atoms with Gasteiger partial charge in [-0.1, -0.05) is 45.0 Å². The number of benzene rings is 1. The molecule has 0 aromatic heterocycles. The minimum absolute atomic E-state index is 0.168. The Morgan fingerprint density at radius 3 is 2.43 bits per heavy atom. The van der Waals surface area contributed by atoms with Gasteiger partial charge in [0.1, 0.15) is 0 Å². The van der Waals surface area contributed by atoms with Crippen molar-refractivity contribution in [1.29, 1.82) is 0 Å². The Morgan fingerprint density at radius 2 is 1.90 bits per heavy atom. The maximum absolute atomic E-state index is 11.2. The van der Waals surface area contributed by atoms with Crippen molar-refractivity contribution in [3.05, 3.63) is 35.4 Å². The molecular formula is C18H27NO2. The zero-order valence-electron chi connectivity index (χ0n) is 13.6. The molecule has 0 saturated carbocycles. The van der Waals surface area contributed by atoms with Crippen molar-refractivity contribution in [2.24, 2.45) is 5.92 Å². The van der Waals surface area contributed by atoms with E-state index in [0.29, 0.717) is 6.54 Å². The van der Waals surface area contributed by atoms with Gasteiger partial charge in [-0.2, -0.15) is 0 Å². The summed E-state index contributed by atoms with van der Waals surface area (Å²) in [6, 6.07) is 9.06. The standard InChI is InChI=1S/C18H27NO2/c1-13(19-11-5-6-15(12-19)17(20)21)14-7-9-16(10-8-14)18(2,3)4/h7-10,13,15H,5-6,11-12H2,1-4H3,(H,20,21). The zero-order valence-corrected chi connectivity index (χ0v) is 13.6. The van der Waals surface area contributed by atoms with Crippen LogP contribution in [0.5, 0.6) is 0 Å². The molecule has 21 heavy (non-hydrogen) atoms. The molecule has 1 aromatic rings. The Hall–Kier alpha value is -1.35. The van der Waals surface area contributed by atoms with Gasteiger partial charge in [0.15, 0.2) is 0 Å². The van der Waals surface area contributed by atoms with Gasteiger partial charge < -0.3 is 5.11 Å². The minimum Gasteiger partial charge on any atom is -0.481 e. The van der Waals surface area contributed by atoms with Gasteiger partial charge in [-0.15, -0.1) is 0 Å². The van der Waals surface area contributed by atoms with Gasteiger partial charge in [-0.25, -0.2) is 0 Å². The number of piperidine rings is 1. The number of hydrogen-bond donors (Lipinski definition) is 1. The van der Waals surface area contributed by atoms with Crippen molar-refractivity contribution in [3.8, 4) is 0 Å². The third-order valence-corrected chi connectivity index (χ3v) is 4.61. The summed E-state index contributed by atoms with van der Waals surface area (Å²) in [6.07, 6.45) is 1.78. The van der Waals surface area contributed by atoms with E-state index in [1.54, 1.807) is 0 Å². The van der Waals surface area contributed by atoms with Crippen LogP contribution >= 0.6 is 0 Å². The quantitative estimate of drug-likeness (QED) is 0.919. The van der Waals surface area contributed by atoms with Crippen LogP contribution < -0.4 is 0 Å². The molecule has 1 heterocycles. The molecule has 1 aromatic carbocycles. The molecule has 2 unspecified atom stereocenters. The summed E-state index contributed by atoms with van der Waals surface area (Å²) in [6.45, 7) is 10.5. The van der Waals surface area contributed by atoms with Gasteiger partial charge in [0, 0.05) is 12.6 Å². The highest BCUT2D eigenvalue weighted by molar-refractivity contribution is 5.70. The Labute approximate surface area is 128 Å². The molecule has 0 spiro atoms. The van der Waals surface area contributed by atoms with Crippen LogP contribution in [0.3, 0.4) is 0 Å². The summed E-state index contributed by atoms with van der Waals surface area (Å²) in [4.78, 5) is 13.5. The summed E-state index contributed by atoms with van der Waals surface area (Å²) >= 11 is 0. The van der Waals surface area contributed by atoms with Crippen LogP contribution in [0, 0.1) is 5.92 Å². The number of carboxylic acids is 1. The van der Waals surface area contributed by atoms with Crippen LogP contribution in [0.1, 0.15) is 57.7 Å². The number of carboxylic acid groups (broad SMARTS) is 1. The fraction of sp³-hybridized carbons (Fsp3) is 0.611. The van der Waals surface area contributed by atoms with Crippen LogP contribution in [-0.4, -0.2) is 29.1 Å². The van der Waals surface area contributed by atoms with Crippen LogP contribution in [0.4, 0.5) is 0 Å². The first-order valence-electron chi connectivity index (χ1n) is 7.86. The highest BCUT2D eigenvalue weighted by Crippen LogP contribution is 2.29. The molecule has 1 N–H and O–H groups in total. The van der Waals surface area contributed by atoms with E-state index >= 15 is 0 Å². The summed E-state index contributed by atoms with van der Waals surface area (Å²) < 4.78 is 0. The summed E-state index contributed by atoms with van der Waals surface area (Å²) in [5, 5.41) is 9.21. The van der Waals surface area contributed by atoms with Gasteiger partial charge in [-0.05, 0) is 42.9 Å². The number of rotatable bonds is 3. The molecule has 0 bridgehead atoms. The van der Waals surface area contributed by atoms with E-state index in [9.17, 15) is 9.90 Å². The number of nitrogens with zero attached hydrogens (tertiary/aromatic N) is 1. The number of carbonyl (C=O) groups is 1. The lowest BCUT2D eigenvalue weighted by molar-refractivity contribution is -0.143. The maximum Gasteiger partial charge on any atom is 0.307 e. The normalized spacial score (nSPS) is 22.0. The average molecular weight is 289 g/mol. The molecule has 2 atom stereocenters. The summed E-state index contributed by atoms with van der Waals surface area (Å²) in [7, 11) is 0. The Kier molecular flexibility index (Phi) is 4.72. The Balaban J connectivity index is 2.09. The van der Waals surface area contributed by atoms with E-state index < -0.39 is 5.97 Å². The molecule has 3 heteroatoms.